The number of carbonyl (C=O) groups excluding carboxylic acids is 1. The summed E-state index contributed by atoms with van der Waals surface area (Å²) in [5, 5.41) is 0. The second kappa shape index (κ2) is 7.42. The quantitative estimate of drug-likeness (QED) is 0.784. The van der Waals surface area contributed by atoms with Crippen molar-refractivity contribution in [3.8, 4) is 0 Å². The molecule has 2 fully saturated rings. The Hall–Kier alpha value is -1.46. The fraction of sp³-hybridized carbons (Fsp3) is 0.650. The van der Waals surface area contributed by atoms with Gasteiger partial charge in [0.15, 0.2) is 6.30 Å². The molecule has 1 amide bonds. The maximum absolute atomic E-state index is 14.7. The third kappa shape index (κ3) is 4.04. The van der Waals surface area contributed by atoms with E-state index in [0.29, 0.717) is 26.1 Å². The first-order valence-electron chi connectivity index (χ1n) is 9.30. The number of amides is 1. The number of benzene rings is 1. The maximum Gasteiger partial charge on any atom is 0.251 e. The molecule has 1 spiro atoms. The van der Waals surface area contributed by atoms with Gasteiger partial charge in [-0.25, -0.2) is 4.39 Å². The zero-order chi connectivity index (χ0) is 18.0. The third-order valence-electron chi connectivity index (χ3n) is 5.49. The Morgan fingerprint density at radius 3 is 2.48 bits per heavy atom. The molecule has 1 unspecified atom stereocenters. The number of likely N-dealkylation sites (tertiary alicyclic amines) is 1. The summed E-state index contributed by atoms with van der Waals surface area (Å²) in [6, 6.07) is 9.95. The Kier molecular flexibility index (Phi) is 5.44. The second-order valence-corrected chi connectivity index (χ2v) is 7.66. The molecular weight excluding hydrogens is 319 g/mol. The summed E-state index contributed by atoms with van der Waals surface area (Å²) in [5.74, 6) is 0.0653. The van der Waals surface area contributed by atoms with E-state index in [1.54, 1.807) is 0 Å². The van der Waals surface area contributed by atoms with E-state index in [1.807, 2.05) is 60.9 Å². The van der Waals surface area contributed by atoms with Gasteiger partial charge in [0.25, 0.3) is 5.91 Å². The number of hydrogen-bond acceptors (Lipinski definition) is 3. The summed E-state index contributed by atoms with van der Waals surface area (Å²) < 4.78 is 20.8. The van der Waals surface area contributed by atoms with E-state index in [1.165, 1.54) is 0 Å². The van der Waals surface area contributed by atoms with E-state index in [9.17, 15) is 9.18 Å². The van der Waals surface area contributed by atoms with Crippen molar-refractivity contribution < 1.29 is 13.9 Å². The average Bonchev–Trinajstić information content (AvgIpc) is 2.59. The summed E-state index contributed by atoms with van der Waals surface area (Å²) in [7, 11) is 0. The number of morpholine rings is 1. The smallest absolute Gasteiger partial charge is 0.251 e. The zero-order valence-electron chi connectivity index (χ0n) is 15.5. The van der Waals surface area contributed by atoms with Crippen molar-refractivity contribution in [1.29, 1.82) is 0 Å². The van der Waals surface area contributed by atoms with Gasteiger partial charge < -0.3 is 9.64 Å². The SMILES string of the molecule is CC(C)N1CC2(CCN(C(F)Cc3ccccc3)CC2)O[C@H](C)C1=O. The van der Waals surface area contributed by atoms with Gasteiger partial charge in [0, 0.05) is 25.6 Å². The minimum Gasteiger partial charge on any atom is -0.360 e. The monoisotopic (exact) mass is 348 g/mol. The molecule has 0 aliphatic carbocycles. The average molecular weight is 348 g/mol. The molecular formula is C20H29FN2O2. The summed E-state index contributed by atoms with van der Waals surface area (Å²) >= 11 is 0. The van der Waals surface area contributed by atoms with Crippen molar-refractivity contribution >= 4 is 5.91 Å². The number of hydrogen-bond donors (Lipinski definition) is 0. The van der Waals surface area contributed by atoms with Gasteiger partial charge in [-0.1, -0.05) is 30.3 Å². The van der Waals surface area contributed by atoms with Gasteiger partial charge in [0.05, 0.1) is 12.1 Å². The Balaban J connectivity index is 1.60. The van der Waals surface area contributed by atoms with E-state index in [2.05, 4.69) is 0 Å². The van der Waals surface area contributed by atoms with Crippen LogP contribution in [0.1, 0.15) is 39.2 Å². The second-order valence-electron chi connectivity index (χ2n) is 7.66. The minimum atomic E-state index is -0.969. The van der Waals surface area contributed by atoms with Gasteiger partial charge >= 0.3 is 0 Å². The van der Waals surface area contributed by atoms with Crippen LogP contribution in [0.15, 0.2) is 30.3 Å². The number of ether oxygens (including phenoxy) is 1. The van der Waals surface area contributed by atoms with Crippen LogP contribution in [0.2, 0.25) is 0 Å². The van der Waals surface area contributed by atoms with Crippen molar-refractivity contribution in [3.05, 3.63) is 35.9 Å². The number of piperidine rings is 1. The molecule has 2 aliphatic rings. The van der Waals surface area contributed by atoms with Crippen LogP contribution in [-0.4, -0.2) is 59.4 Å². The summed E-state index contributed by atoms with van der Waals surface area (Å²) in [6.07, 6.45) is 0.574. The molecule has 1 aromatic rings. The Morgan fingerprint density at radius 1 is 1.24 bits per heavy atom. The highest BCUT2D eigenvalue weighted by molar-refractivity contribution is 5.81. The summed E-state index contributed by atoms with van der Waals surface area (Å²) in [6.45, 7) is 7.86. The molecule has 0 aromatic heterocycles. The molecule has 0 radical (unpaired) electrons. The van der Waals surface area contributed by atoms with E-state index in [-0.39, 0.29) is 17.6 Å². The van der Waals surface area contributed by atoms with Gasteiger partial charge in [0.1, 0.15) is 6.10 Å². The first-order valence-corrected chi connectivity index (χ1v) is 9.30. The first kappa shape index (κ1) is 18.3. The van der Waals surface area contributed by atoms with Crippen LogP contribution >= 0.6 is 0 Å². The lowest BCUT2D eigenvalue weighted by atomic mass is 9.87. The van der Waals surface area contributed by atoms with Crippen molar-refractivity contribution in [2.45, 2.75) is 64.1 Å². The maximum atomic E-state index is 14.7. The molecule has 0 saturated carbocycles. The Morgan fingerprint density at radius 2 is 1.88 bits per heavy atom. The molecule has 0 N–H and O–H groups in total. The van der Waals surface area contributed by atoms with Crippen molar-refractivity contribution in [2.24, 2.45) is 0 Å². The zero-order valence-corrected chi connectivity index (χ0v) is 15.5. The molecule has 0 bridgehead atoms. The normalized spacial score (nSPS) is 25.6. The van der Waals surface area contributed by atoms with Gasteiger partial charge in [-0.15, -0.1) is 0 Å². The largest absolute Gasteiger partial charge is 0.360 e. The molecule has 4 nitrogen and oxygen atoms in total. The van der Waals surface area contributed by atoms with Crippen LogP contribution in [0.25, 0.3) is 0 Å². The van der Waals surface area contributed by atoms with Crippen LogP contribution in [0, 0.1) is 0 Å². The molecule has 138 valence electrons. The van der Waals surface area contributed by atoms with Crippen LogP contribution < -0.4 is 0 Å². The summed E-state index contributed by atoms with van der Waals surface area (Å²) in [4.78, 5) is 16.1. The first-order chi connectivity index (χ1) is 11.9. The number of carbonyl (C=O) groups is 1. The molecule has 2 heterocycles. The molecule has 5 heteroatoms. The van der Waals surface area contributed by atoms with Crippen LogP contribution in [0.3, 0.4) is 0 Å². The fourth-order valence-electron chi connectivity index (χ4n) is 3.95. The number of nitrogens with zero attached hydrogens (tertiary/aromatic N) is 2. The van der Waals surface area contributed by atoms with E-state index in [4.69, 9.17) is 4.74 Å². The third-order valence-corrected chi connectivity index (χ3v) is 5.49. The fourth-order valence-corrected chi connectivity index (χ4v) is 3.95. The highest BCUT2D eigenvalue weighted by atomic mass is 19.1. The predicted octanol–water partition coefficient (Wildman–Crippen LogP) is 3.02. The highest BCUT2D eigenvalue weighted by Crippen LogP contribution is 2.34. The highest BCUT2D eigenvalue weighted by Gasteiger charge is 2.46. The Labute approximate surface area is 149 Å². The molecule has 25 heavy (non-hydrogen) atoms. The van der Waals surface area contributed by atoms with Crippen molar-refractivity contribution in [2.75, 3.05) is 19.6 Å². The topological polar surface area (TPSA) is 32.8 Å². The molecule has 1 aromatic carbocycles. The lowest BCUT2D eigenvalue weighted by molar-refractivity contribution is -0.195. The van der Waals surface area contributed by atoms with E-state index < -0.39 is 12.4 Å². The number of halogens is 1. The summed E-state index contributed by atoms with van der Waals surface area (Å²) in [5.41, 5.74) is 0.704. The van der Waals surface area contributed by atoms with Crippen LogP contribution in [0.5, 0.6) is 0 Å². The van der Waals surface area contributed by atoms with Crippen LogP contribution in [-0.2, 0) is 16.0 Å². The molecule has 2 atom stereocenters. The Bertz CT molecular complexity index is 585. The van der Waals surface area contributed by atoms with E-state index in [0.717, 1.165) is 18.4 Å². The lowest BCUT2D eigenvalue weighted by Gasteiger charge is -2.50. The van der Waals surface area contributed by atoms with Crippen LogP contribution in [0.4, 0.5) is 4.39 Å². The molecule has 3 rings (SSSR count). The number of alkyl halides is 1. The van der Waals surface area contributed by atoms with Crippen molar-refractivity contribution in [1.82, 2.24) is 9.80 Å². The van der Waals surface area contributed by atoms with Crippen molar-refractivity contribution in [3.63, 3.8) is 0 Å². The van der Waals surface area contributed by atoms with Gasteiger partial charge in [-0.2, -0.15) is 0 Å². The lowest BCUT2D eigenvalue weighted by Crippen LogP contribution is -2.63. The molecule has 2 saturated heterocycles. The standard InChI is InChI=1S/C20H29FN2O2/c1-15(2)23-14-20(25-16(3)19(23)24)9-11-22(12-10-20)18(21)13-17-7-5-4-6-8-17/h4-8,15-16,18H,9-14H2,1-3H3/t16-,18?/m1/s1. The van der Waals surface area contributed by atoms with Gasteiger partial charge in [-0.3, -0.25) is 9.69 Å². The predicted molar refractivity (Wildman–Crippen MR) is 96.0 cm³/mol. The van der Waals surface area contributed by atoms with Gasteiger partial charge in [0.2, 0.25) is 0 Å². The molecule has 2 aliphatic heterocycles. The number of rotatable bonds is 4. The van der Waals surface area contributed by atoms with E-state index >= 15 is 0 Å². The van der Waals surface area contributed by atoms with Gasteiger partial charge in [-0.05, 0) is 39.2 Å². The minimum absolute atomic E-state index is 0.0653.